The van der Waals surface area contributed by atoms with Gasteiger partial charge in [0.15, 0.2) is 0 Å². The zero-order valence-electron chi connectivity index (χ0n) is 19.1. The zero-order chi connectivity index (χ0) is 23.9. The molecule has 34 heavy (non-hydrogen) atoms. The van der Waals surface area contributed by atoms with Crippen LogP contribution < -0.4 is 15.4 Å². The van der Waals surface area contributed by atoms with Crippen molar-refractivity contribution in [2.75, 3.05) is 14.2 Å². The van der Waals surface area contributed by atoms with E-state index in [2.05, 4.69) is 10.6 Å². The summed E-state index contributed by atoms with van der Waals surface area (Å²) in [5.41, 5.74) is 4.28. The van der Waals surface area contributed by atoms with Crippen molar-refractivity contribution in [3.8, 4) is 17.0 Å². The highest BCUT2D eigenvalue weighted by Crippen LogP contribution is 2.26. The Kier molecular flexibility index (Phi) is 7.03. The second-order valence-electron chi connectivity index (χ2n) is 7.77. The Morgan fingerprint density at radius 1 is 0.912 bits per heavy atom. The van der Waals surface area contributed by atoms with E-state index in [9.17, 15) is 9.59 Å². The fourth-order valence-electron chi connectivity index (χ4n) is 3.67. The molecule has 0 saturated heterocycles. The largest absolute Gasteiger partial charge is 0.497 e. The Morgan fingerprint density at radius 2 is 1.68 bits per heavy atom. The smallest absolute Gasteiger partial charge is 0.255 e. The molecular weight excluding hydrogens is 428 g/mol. The Morgan fingerprint density at radius 3 is 2.44 bits per heavy atom. The summed E-state index contributed by atoms with van der Waals surface area (Å²) in [6.45, 7) is 0.824. The minimum absolute atomic E-state index is 0.171. The molecule has 7 heteroatoms. The molecule has 0 bridgehead atoms. The number of carbonyl (C=O) groups is 2. The highest BCUT2D eigenvalue weighted by Gasteiger charge is 2.19. The van der Waals surface area contributed by atoms with Crippen LogP contribution >= 0.6 is 0 Å². The van der Waals surface area contributed by atoms with Crippen LogP contribution in [0.4, 0.5) is 0 Å². The number of rotatable bonds is 8. The number of benzene rings is 3. The first-order valence-corrected chi connectivity index (χ1v) is 10.9. The molecule has 0 aliphatic heterocycles. The van der Waals surface area contributed by atoms with Gasteiger partial charge in [0.1, 0.15) is 11.4 Å². The number of aromatic nitrogens is 2. The number of hydrogen-bond donors (Lipinski definition) is 2. The fraction of sp³-hybridized carbons (Fsp3) is 0.148. The highest BCUT2D eigenvalue weighted by molar-refractivity contribution is 6.00. The van der Waals surface area contributed by atoms with Gasteiger partial charge in [-0.25, -0.2) is 0 Å². The van der Waals surface area contributed by atoms with Crippen LogP contribution in [-0.2, 0) is 13.1 Å². The SMILES string of the molecule is CNC(=O)c1cccc(CNC(=O)c2cn(Cc3ccccc3)nc2-c2cccc(OC)c2)c1. The molecule has 0 radical (unpaired) electrons. The van der Waals surface area contributed by atoms with Crippen molar-refractivity contribution in [1.29, 1.82) is 0 Å². The molecule has 0 saturated carbocycles. The summed E-state index contributed by atoms with van der Waals surface area (Å²) in [4.78, 5) is 25.1. The molecule has 172 valence electrons. The maximum absolute atomic E-state index is 13.2. The molecule has 0 spiro atoms. The molecule has 7 nitrogen and oxygen atoms in total. The van der Waals surface area contributed by atoms with Gasteiger partial charge in [0.25, 0.3) is 11.8 Å². The number of ether oxygens (including phenoxy) is 1. The first kappa shape index (κ1) is 22.8. The van der Waals surface area contributed by atoms with Crippen LogP contribution in [0.15, 0.2) is 85.1 Å². The van der Waals surface area contributed by atoms with Crippen LogP contribution in [0.1, 0.15) is 31.8 Å². The second-order valence-corrected chi connectivity index (χ2v) is 7.77. The first-order chi connectivity index (χ1) is 16.6. The van der Waals surface area contributed by atoms with Crippen LogP contribution in [0.3, 0.4) is 0 Å². The summed E-state index contributed by atoms with van der Waals surface area (Å²) in [6, 6.07) is 24.6. The van der Waals surface area contributed by atoms with E-state index in [0.717, 1.165) is 16.7 Å². The van der Waals surface area contributed by atoms with Gasteiger partial charge >= 0.3 is 0 Å². The van der Waals surface area contributed by atoms with Crippen LogP contribution in [0.2, 0.25) is 0 Å². The molecule has 0 fully saturated rings. The van der Waals surface area contributed by atoms with Gasteiger partial charge < -0.3 is 15.4 Å². The third kappa shape index (κ3) is 5.32. The lowest BCUT2D eigenvalue weighted by Crippen LogP contribution is -2.23. The van der Waals surface area contributed by atoms with Crippen LogP contribution in [0.5, 0.6) is 5.75 Å². The van der Waals surface area contributed by atoms with Crippen LogP contribution in [-0.4, -0.2) is 35.8 Å². The maximum Gasteiger partial charge on any atom is 0.255 e. The summed E-state index contributed by atoms with van der Waals surface area (Å²) < 4.78 is 7.13. The molecule has 4 rings (SSSR count). The van der Waals surface area contributed by atoms with Gasteiger partial charge in [-0.2, -0.15) is 5.10 Å². The molecule has 2 amide bonds. The number of methoxy groups -OCH3 is 1. The minimum Gasteiger partial charge on any atom is -0.497 e. The lowest BCUT2D eigenvalue weighted by molar-refractivity contribution is 0.0949. The van der Waals surface area contributed by atoms with Gasteiger partial charge in [-0.15, -0.1) is 0 Å². The summed E-state index contributed by atoms with van der Waals surface area (Å²) >= 11 is 0. The monoisotopic (exact) mass is 454 g/mol. The first-order valence-electron chi connectivity index (χ1n) is 10.9. The summed E-state index contributed by atoms with van der Waals surface area (Å²) in [7, 11) is 3.19. The Balaban J connectivity index is 1.61. The molecule has 4 aromatic rings. The van der Waals surface area contributed by atoms with E-state index >= 15 is 0 Å². The van der Waals surface area contributed by atoms with Gasteiger partial charge in [0, 0.05) is 30.9 Å². The van der Waals surface area contributed by atoms with Crippen molar-refractivity contribution in [1.82, 2.24) is 20.4 Å². The predicted octanol–water partition coefficient (Wildman–Crippen LogP) is 3.90. The van der Waals surface area contributed by atoms with Gasteiger partial charge in [-0.1, -0.05) is 54.6 Å². The van der Waals surface area contributed by atoms with Crippen molar-refractivity contribution < 1.29 is 14.3 Å². The lowest BCUT2D eigenvalue weighted by atomic mass is 10.1. The van der Waals surface area contributed by atoms with E-state index in [1.165, 1.54) is 0 Å². The van der Waals surface area contributed by atoms with Crippen LogP contribution in [0.25, 0.3) is 11.3 Å². The lowest BCUT2D eigenvalue weighted by Gasteiger charge is -2.08. The van der Waals surface area contributed by atoms with E-state index in [4.69, 9.17) is 9.84 Å². The van der Waals surface area contributed by atoms with Crippen molar-refractivity contribution in [3.63, 3.8) is 0 Å². The van der Waals surface area contributed by atoms with E-state index in [-0.39, 0.29) is 18.4 Å². The number of hydrogen-bond acceptors (Lipinski definition) is 4. The van der Waals surface area contributed by atoms with E-state index < -0.39 is 0 Å². The summed E-state index contributed by atoms with van der Waals surface area (Å²) in [6.07, 6.45) is 1.76. The zero-order valence-corrected chi connectivity index (χ0v) is 19.1. The Bertz CT molecular complexity index is 1300. The molecule has 0 atom stereocenters. The fourth-order valence-corrected chi connectivity index (χ4v) is 3.67. The molecule has 0 unspecified atom stereocenters. The standard InChI is InChI=1S/C27H26N4O3/c1-28-26(32)22-12-6-10-20(14-22)16-29-27(33)24-18-31(17-19-8-4-3-5-9-19)30-25(24)21-11-7-13-23(15-21)34-2/h3-15,18H,16-17H2,1-2H3,(H,28,32)(H,29,33). The third-order valence-corrected chi connectivity index (χ3v) is 5.41. The molecule has 2 N–H and O–H groups in total. The van der Waals surface area contributed by atoms with Gasteiger partial charge in [-0.05, 0) is 35.4 Å². The van der Waals surface area contributed by atoms with Crippen molar-refractivity contribution in [2.24, 2.45) is 0 Å². The molecule has 0 aliphatic carbocycles. The Labute approximate surface area is 198 Å². The molecule has 1 heterocycles. The van der Waals surface area contributed by atoms with Gasteiger partial charge in [0.05, 0.1) is 19.2 Å². The van der Waals surface area contributed by atoms with Crippen molar-refractivity contribution >= 4 is 11.8 Å². The average molecular weight is 455 g/mol. The number of nitrogens with zero attached hydrogens (tertiary/aromatic N) is 2. The van der Waals surface area contributed by atoms with E-state index in [1.807, 2.05) is 60.7 Å². The van der Waals surface area contributed by atoms with Crippen molar-refractivity contribution in [3.05, 3.63) is 107 Å². The summed E-state index contributed by atoms with van der Waals surface area (Å²) in [5, 5.41) is 10.3. The molecule has 1 aromatic heterocycles. The average Bonchev–Trinajstić information content (AvgIpc) is 3.31. The molecular formula is C27H26N4O3. The second kappa shape index (κ2) is 10.5. The van der Waals surface area contributed by atoms with E-state index in [1.54, 1.807) is 43.2 Å². The van der Waals surface area contributed by atoms with E-state index in [0.29, 0.717) is 29.1 Å². The minimum atomic E-state index is -0.248. The highest BCUT2D eigenvalue weighted by atomic mass is 16.5. The summed E-state index contributed by atoms with van der Waals surface area (Å²) in [5.74, 6) is 0.269. The van der Waals surface area contributed by atoms with Gasteiger partial charge in [-0.3, -0.25) is 14.3 Å². The third-order valence-electron chi connectivity index (χ3n) is 5.41. The van der Waals surface area contributed by atoms with Crippen molar-refractivity contribution in [2.45, 2.75) is 13.1 Å². The normalized spacial score (nSPS) is 10.5. The Hall–Kier alpha value is -4.39. The molecule has 3 aromatic carbocycles. The predicted molar refractivity (Wildman–Crippen MR) is 131 cm³/mol. The quantitative estimate of drug-likeness (QED) is 0.423. The maximum atomic E-state index is 13.2. The van der Waals surface area contributed by atoms with Crippen LogP contribution in [0, 0.1) is 0 Å². The molecule has 0 aliphatic rings. The topological polar surface area (TPSA) is 85.3 Å². The number of amides is 2. The number of nitrogens with one attached hydrogen (secondary N) is 2. The number of carbonyl (C=O) groups excluding carboxylic acids is 2. The van der Waals surface area contributed by atoms with Gasteiger partial charge in [0.2, 0.25) is 0 Å².